The summed E-state index contributed by atoms with van der Waals surface area (Å²) in [6.07, 6.45) is 1.74. The number of amides is 1. The van der Waals surface area contributed by atoms with Crippen LogP contribution in [0.5, 0.6) is 0 Å². The van der Waals surface area contributed by atoms with Crippen LogP contribution in [0.25, 0.3) is 0 Å². The summed E-state index contributed by atoms with van der Waals surface area (Å²) in [5.41, 5.74) is 0.605. The zero-order chi connectivity index (χ0) is 15.4. The second kappa shape index (κ2) is 6.98. The minimum Gasteiger partial charge on any atom is -0.342 e. The third-order valence-corrected chi connectivity index (χ3v) is 3.82. The molecule has 116 valence electrons. The monoisotopic (exact) mass is 296 g/mol. The van der Waals surface area contributed by atoms with Gasteiger partial charge in [-0.05, 0) is 30.5 Å². The van der Waals surface area contributed by atoms with Crippen LogP contribution in [-0.2, 0) is 11.3 Å². The molecule has 1 aliphatic heterocycles. The molecule has 0 aromatic heterocycles. The second-order valence-corrected chi connectivity index (χ2v) is 5.91. The number of likely N-dealkylation sites (tertiary alicyclic amines) is 1. The predicted molar refractivity (Wildman–Crippen MR) is 77.6 cm³/mol. The maximum Gasteiger partial charge on any atom is 0.225 e. The van der Waals surface area contributed by atoms with Crippen molar-refractivity contribution in [3.05, 3.63) is 35.4 Å². The molecule has 1 fully saturated rings. The first-order valence-electron chi connectivity index (χ1n) is 7.43. The van der Waals surface area contributed by atoms with Gasteiger partial charge in [0.2, 0.25) is 5.91 Å². The summed E-state index contributed by atoms with van der Waals surface area (Å²) in [7, 11) is 0. The van der Waals surface area contributed by atoms with Gasteiger partial charge in [0.15, 0.2) is 0 Å². The number of piperidine rings is 1. The lowest BCUT2D eigenvalue weighted by Gasteiger charge is -2.33. The highest BCUT2D eigenvalue weighted by Crippen LogP contribution is 2.14. The summed E-state index contributed by atoms with van der Waals surface area (Å²) < 4.78 is 26.2. The molecule has 0 bridgehead atoms. The van der Waals surface area contributed by atoms with Crippen molar-refractivity contribution in [1.29, 1.82) is 0 Å². The summed E-state index contributed by atoms with van der Waals surface area (Å²) in [4.78, 5) is 13.8. The molecule has 0 saturated carbocycles. The lowest BCUT2D eigenvalue weighted by molar-refractivity contribution is -0.135. The van der Waals surface area contributed by atoms with E-state index < -0.39 is 11.6 Å². The molecule has 21 heavy (non-hydrogen) atoms. The zero-order valence-corrected chi connectivity index (χ0v) is 12.5. The van der Waals surface area contributed by atoms with Crippen molar-refractivity contribution >= 4 is 5.91 Å². The largest absolute Gasteiger partial charge is 0.342 e. The van der Waals surface area contributed by atoms with Gasteiger partial charge in [0.1, 0.15) is 11.6 Å². The average Bonchev–Trinajstić information content (AvgIpc) is 2.44. The third-order valence-electron chi connectivity index (χ3n) is 3.82. The smallest absolute Gasteiger partial charge is 0.225 e. The molecule has 1 N–H and O–H groups in total. The Morgan fingerprint density at radius 1 is 1.24 bits per heavy atom. The minimum absolute atomic E-state index is 0.0322. The number of benzene rings is 1. The van der Waals surface area contributed by atoms with Crippen LogP contribution in [-0.4, -0.2) is 29.9 Å². The molecule has 1 heterocycles. The molecule has 1 aliphatic rings. The fourth-order valence-corrected chi connectivity index (χ4v) is 2.64. The Hall–Kier alpha value is -1.49. The SMILES string of the molecule is CC(C)C(=O)N1CCC(NCc2cc(F)cc(F)c2)CC1. The summed E-state index contributed by atoms with van der Waals surface area (Å²) in [6, 6.07) is 3.84. The van der Waals surface area contributed by atoms with Crippen molar-refractivity contribution in [3.63, 3.8) is 0 Å². The van der Waals surface area contributed by atoms with Crippen LogP contribution in [0.4, 0.5) is 8.78 Å². The summed E-state index contributed by atoms with van der Waals surface area (Å²) in [6.45, 7) is 5.74. The second-order valence-electron chi connectivity index (χ2n) is 5.91. The van der Waals surface area contributed by atoms with Crippen molar-refractivity contribution in [2.45, 2.75) is 39.3 Å². The molecule has 0 atom stereocenters. The van der Waals surface area contributed by atoms with E-state index in [0.717, 1.165) is 32.0 Å². The van der Waals surface area contributed by atoms with E-state index in [1.165, 1.54) is 12.1 Å². The maximum absolute atomic E-state index is 13.1. The Bertz CT molecular complexity index is 477. The van der Waals surface area contributed by atoms with E-state index in [1.54, 1.807) is 0 Å². The topological polar surface area (TPSA) is 32.3 Å². The number of rotatable bonds is 4. The van der Waals surface area contributed by atoms with Crippen molar-refractivity contribution in [2.24, 2.45) is 5.92 Å². The van der Waals surface area contributed by atoms with Crippen LogP contribution in [0.1, 0.15) is 32.3 Å². The third kappa shape index (κ3) is 4.49. The van der Waals surface area contributed by atoms with Crippen LogP contribution in [0.2, 0.25) is 0 Å². The fraction of sp³-hybridized carbons (Fsp3) is 0.562. The van der Waals surface area contributed by atoms with Gasteiger partial charge in [-0.1, -0.05) is 13.8 Å². The molecular formula is C16H22F2N2O. The van der Waals surface area contributed by atoms with Gasteiger partial charge >= 0.3 is 0 Å². The number of nitrogens with one attached hydrogen (secondary N) is 1. The molecule has 1 aromatic rings. The standard InChI is InChI=1S/C16H22F2N2O/c1-11(2)16(21)20-5-3-15(4-6-20)19-10-12-7-13(17)9-14(18)8-12/h7-9,11,15,19H,3-6,10H2,1-2H3. The molecule has 0 spiro atoms. The highest BCUT2D eigenvalue weighted by Gasteiger charge is 2.23. The zero-order valence-electron chi connectivity index (χ0n) is 12.5. The van der Waals surface area contributed by atoms with E-state index in [0.29, 0.717) is 12.1 Å². The fourth-order valence-electron chi connectivity index (χ4n) is 2.64. The maximum atomic E-state index is 13.1. The molecular weight excluding hydrogens is 274 g/mol. The van der Waals surface area contributed by atoms with Crippen molar-refractivity contribution in [2.75, 3.05) is 13.1 Å². The highest BCUT2D eigenvalue weighted by atomic mass is 19.1. The van der Waals surface area contributed by atoms with Crippen LogP contribution in [0.3, 0.4) is 0 Å². The number of nitrogens with zero attached hydrogens (tertiary/aromatic N) is 1. The van der Waals surface area contributed by atoms with Crippen LogP contribution < -0.4 is 5.32 Å². The van der Waals surface area contributed by atoms with E-state index in [4.69, 9.17) is 0 Å². The summed E-state index contributed by atoms with van der Waals surface area (Å²) in [5.74, 6) is -0.876. The van der Waals surface area contributed by atoms with Crippen LogP contribution in [0, 0.1) is 17.6 Å². The average molecular weight is 296 g/mol. The van der Waals surface area contributed by atoms with E-state index in [2.05, 4.69) is 5.32 Å². The first kappa shape index (κ1) is 15.9. The van der Waals surface area contributed by atoms with Crippen molar-refractivity contribution < 1.29 is 13.6 Å². The lowest BCUT2D eigenvalue weighted by atomic mass is 10.0. The van der Waals surface area contributed by atoms with E-state index >= 15 is 0 Å². The normalized spacial score (nSPS) is 16.5. The van der Waals surface area contributed by atoms with Gasteiger partial charge in [0.05, 0.1) is 0 Å². The van der Waals surface area contributed by atoms with Gasteiger partial charge in [-0.15, -0.1) is 0 Å². The Balaban J connectivity index is 1.80. The molecule has 0 aliphatic carbocycles. The number of halogens is 2. The van der Waals surface area contributed by atoms with E-state index in [9.17, 15) is 13.6 Å². The van der Waals surface area contributed by atoms with Gasteiger partial charge in [-0.3, -0.25) is 4.79 Å². The van der Waals surface area contributed by atoms with Gasteiger partial charge in [0, 0.05) is 37.7 Å². The Labute approximate surface area is 124 Å². The highest BCUT2D eigenvalue weighted by molar-refractivity contribution is 5.78. The molecule has 0 unspecified atom stereocenters. The van der Waals surface area contributed by atoms with Gasteiger partial charge in [-0.25, -0.2) is 8.78 Å². The Morgan fingerprint density at radius 3 is 2.33 bits per heavy atom. The van der Waals surface area contributed by atoms with Crippen LogP contribution in [0.15, 0.2) is 18.2 Å². The molecule has 0 radical (unpaired) electrons. The summed E-state index contributed by atoms with van der Waals surface area (Å²) >= 11 is 0. The number of hydrogen-bond donors (Lipinski definition) is 1. The predicted octanol–water partition coefficient (Wildman–Crippen LogP) is 2.70. The molecule has 1 saturated heterocycles. The first-order valence-corrected chi connectivity index (χ1v) is 7.43. The first-order chi connectivity index (χ1) is 9.95. The molecule has 5 heteroatoms. The van der Waals surface area contributed by atoms with Gasteiger partial charge < -0.3 is 10.2 Å². The Kier molecular flexibility index (Phi) is 5.28. The van der Waals surface area contributed by atoms with Crippen molar-refractivity contribution in [3.8, 4) is 0 Å². The van der Waals surface area contributed by atoms with E-state index in [-0.39, 0.29) is 17.9 Å². The lowest BCUT2D eigenvalue weighted by Crippen LogP contribution is -2.45. The molecule has 3 nitrogen and oxygen atoms in total. The minimum atomic E-state index is -0.552. The number of carbonyl (C=O) groups is 1. The van der Waals surface area contributed by atoms with Gasteiger partial charge in [0.25, 0.3) is 0 Å². The van der Waals surface area contributed by atoms with Crippen LogP contribution >= 0.6 is 0 Å². The van der Waals surface area contributed by atoms with Crippen molar-refractivity contribution in [1.82, 2.24) is 10.2 Å². The van der Waals surface area contributed by atoms with E-state index in [1.807, 2.05) is 18.7 Å². The number of hydrogen-bond acceptors (Lipinski definition) is 2. The molecule has 1 aromatic carbocycles. The number of carbonyl (C=O) groups excluding carboxylic acids is 1. The summed E-state index contributed by atoms with van der Waals surface area (Å²) in [5, 5.41) is 3.31. The molecule has 1 amide bonds. The Morgan fingerprint density at radius 2 is 1.81 bits per heavy atom. The van der Waals surface area contributed by atoms with Gasteiger partial charge in [-0.2, -0.15) is 0 Å². The molecule has 2 rings (SSSR count). The quantitative estimate of drug-likeness (QED) is 0.926.